The lowest BCUT2D eigenvalue weighted by Gasteiger charge is -2.08. The quantitative estimate of drug-likeness (QED) is 0.381. The van der Waals surface area contributed by atoms with Gasteiger partial charge in [-0.1, -0.05) is 24.3 Å². The Morgan fingerprint density at radius 1 is 1.07 bits per heavy atom. The van der Waals surface area contributed by atoms with E-state index in [1.165, 1.54) is 36.4 Å². The Labute approximate surface area is 153 Å². The van der Waals surface area contributed by atoms with Gasteiger partial charge in [0.25, 0.3) is 11.6 Å². The van der Waals surface area contributed by atoms with E-state index >= 15 is 0 Å². The zero-order chi connectivity index (χ0) is 19.8. The minimum Gasteiger partial charge on any atom is -0.452 e. The van der Waals surface area contributed by atoms with Crippen molar-refractivity contribution in [1.29, 1.82) is 0 Å². The molecule has 0 aromatic heterocycles. The van der Waals surface area contributed by atoms with Gasteiger partial charge < -0.3 is 21.1 Å². The van der Waals surface area contributed by atoms with Crippen molar-refractivity contribution in [2.75, 3.05) is 11.9 Å². The van der Waals surface area contributed by atoms with Crippen LogP contribution in [0, 0.1) is 10.1 Å². The van der Waals surface area contributed by atoms with Crippen molar-refractivity contribution in [1.82, 2.24) is 5.32 Å². The highest BCUT2D eigenvalue weighted by Gasteiger charge is 2.16. The predicted octanol–water partition coefficient (Wildman–Crippen LogP) is 1.56. The van der Waals surface area contributed by atoms with Crippen molar-refractivity contribution in [2.45, 2.75) is 6.54 Å². The molecular weight excluding hydrogens is 356 g/mol. The first kappa shape index (κ1) is 19.4. The Morgan fingerprint density at radius 2 is 1.74 bits per heavy atom. The lowest BCUT2D eigenvalue weighted by Crippen LogP contribution is -2.28. The van der Waals surface area contributed by atoms with Gasteiger partial charge in [0.2, 0.25) is 0 Å². The van der Waals surface area contributed by atoms with Gasteiger partial charge in [0.1, 0.15) is 5.69 Å². The van der Waals surface area contributed by atoms with E-state index in [4.69, 9.17) is 10.5 Å². The number of nitro benzene ring substituents is 1. The van der Waals surface area contributed by atoms with Crippen LogP contribution in [-0.4, -0.2) is 29.4 Å². The van der Waals surface area contributed by atoms with Crippen molar-refractivity contribution in [2.24, 2.45) is 5.73 Å². The van der Waals surface area contributed by atoms with E-state index < -0.39 is 29.4 Å². The number of anilines is 1. The van der Waals surface area contributed by atoms with Crippen molar-refractivity contribution in [3.63, 3.8) is 0 Å². The van der Waals surface area contributed by atoms with Gasteiger partial charge >= 0.3 is 12.0 Å². The minimum absolute atomic E-state index is 0.00912. The van der Waals surface area contributed by atoms with Gasteiger partial charge in [-0.2, -0.15) is 0 Å². The largest absolute Gasteiger partial charge is 0.452 e. The normalized spacial score (nSPS) is 9.93. The summed E-state index contributed by atoms with van der Waals surface area (Å²) in [5.74, 6) is -1.44. The number of nitro groups is 1. The summed E-state index contributed by atoms with van der Waals surface area (Å²) in [4.78, 5) is 44.7. The van der Waals surface area contributed by atoms with E-state index in [0.29, 0.717) is 0 Å². The molecule has 0 saturated carbocycles. The van der Waals surface area contributed by atoms with Crippen molar-refractivity contribution >= 4 is 29.3 Å². The van der Waals surface area contributed by atoms with Crippen molar-refractivity contribution in [3.05, 3.63) is 69.8 Å². The number of rotatable bonds is 7. The number of ether oxygens (including phenoxy) is 1. The Hall–Kier alpha value is -3.95. The van der Waals surface area contributed by atoms with Crippen LogP contribution in [0.15, 0.2) is 48.5 Å². The maximum absolute atomic E-state index is 12.0. The monoisotopic (exact) mass is 372 g/mol. The molecule has 27 heavy (non-hydrogen) atoms. The standard InChI is InChI=1S/C17H16N4O6/c18-17(24)19-9-11-5-7-12(8-6-11)16(23)27-10-15(22)20-13-3-1-2-4-14(13)21(25)26/h1-8H,9-10H2,(H,20,22)(H3,18,19,24). The molecule has 10 heteroatoms. The van der Waals surface area contributed by atoms with Gasteiger partial charge in [-0.05, 0) is 23.8 Å². The highest BCUT2D eigenvalue weighted by Crippen LogP contribution is 2.22. The fourth-order valence-electron chi connectivity index (χ4n) is 2.09. The number of urea groups is 1. The second-order valence-corrected chi connectivity index (χ2v) is 5.31. The van der Waals surface area contributed by atoms with E-state index in [2.05, 4.69) is 10.6 Å². The molecule has 0 bridgehead atoms. The topological polar surface area (TPSA) is 154 Å². The molecule has 0 atom stereocenters. The van der Waals surface area contributed by atoms with E-state index in [9.17, 15) is 24.5 Å². The molecule has 0 unspecified atom stereocenters. The van der Waals surface area contributed by atoms with Gasteiger partial charge in [0, 0.05) is 12.6 Å². The smallest absolute Gasteiger partial charge is 0.338 e. The average molecular weight is 372 g/mol. The number of nitrogens with one attached hydrogen (secondary N) is 2. The molecule has 0 radical (unpaired) electrons. The van der Waals surface area contributed by atoms with Gasteiger partial charge in [0.05, 0.1) is 10.5 Å². The summed E-state index contributed by atoms with van der Waals surface area (Å²) in [6.07, 6.45) is 0. The number of nitrogens with two attached hydrogens (primary N) is 1. The SMILES string of the molecule is NC(=O)NCc1ccc(C(=O)OCC(=O)Nc2ccccc2[N+](=O)[O-])cc1. The lowest BCUT2D eigenvalue weighted by molar-refractivity contribution is -0.383. The molecule has 0 aliphatic rings. The van der Waals surface area contributed by atoms with Crippen LogP contribution in [0.5, 0.6) is 0 Å². The second-order valence-electron chi connectivity index (χ2n) is 5.31. The van der Waals surface area contributed by atoms with Crippen LogP contribution in [0.1, 0.15) is 15.9 Å². The fourth-order valence-corrected chi connectivity index (χ4v) is 2.09. The number of carbonyl (C=O) groups is 3. The summed E-state index contributed by atoms with van der Waals surface area (Å²) in [6.45, 7) is -0.390. The van der Waals surface area contributed by atoms with Gasteiger partial charge in [-0.15, -0.1) is 0 Å². The number of carbonyl (C=O) groups excluding carboxylic acids is 3. The first-order valence-corrected chi connectivity index (χ1v) is 7.69. The third-order valence-electron chi connectivity index (χ3n) is 3.37. The Morgan fingerprint density at radius 3 is 2.37 bits per heavy atom. The van der Waals surface area contributed by atoms with Gasteiger partial charge in [-0.3, -0.25) is 14.9 Å². The van der Waals surface area contributed by atoms with Crippen LogP contribution in [0.3, 0.4) is 0 Å². The second kappa shape index (κ2) is 8.94. The highest BCUT2D eigenvalue weighted by atomic mass is 16.6. The molecular formula is C17H16N4O6. The van der Waals surface area contributed by atoms with Gasteiger partial charge in [-0.25, -0.2) is 9.59 Å². The number of hydrogen-bond donors (Lipinski definition) is 3. The zero-order valence-corrected chi connectivity index (χ0v) is 14.0. The summed E-state index contributed by atoms with van der Waals surface area (Å²) >= 11 is 0. The number of hydrogen-bond acceptors (Lipinski definition) is 6. The molecule has 0 fully saturated rings. The van der Waals surface area contributed by atoms with E-state index in [0.717, 1.165) is 5.56 Å². The molecule has 0 aliphatic heterocycles. The molecule has 0 heterocycles. The van der Waals surface area contributed by atoms with E-state index in [-0.39, 0.29) is 23.5 Å². The highest BCUT2D eigenvalue weighted by molar-refractivity contribution is 5.96. The molecule has 0 spiro atoms. The summed E-state index contributed by atoms with van der Waals surface area (Å²) in [5, 5.41) is 15.6. The van der Waals surface area contributed by atoms with Crippen LogP contribution in [0.2, 0.25) is 0 Å². The molecule has 0 aliphatic carbocycles. The number of esters is 1. The fraction of sp³-hybridized carbons (Fsp3) is 0.118. The molecule has 4 N–H and O–H groups in total. The van der Waals surface area contributed by atoms with Crippen LogP contribution in [0.25, 0.3) is 0 Å². The van der Waals surface area contributed by atoms with E-state index in [1.54, 1.807) is 12.1 Å². The number of nitrogens with zero attached hydrogens (tertiary/aromatic N) is 1. The number of para-hydroxylation sites is 2. The molecule has 3 amide bonds. The molecule has 2 aromatic carbocycles. The lowest BCUT2D eigenvalue weighted by atomic mass is 10.1. The summed E-state index contributed by atoms with van der Waals surface area (Å²) in [6, 6.07) is 11.1. The third-order valence-corrected chi connectivity index (χ3v) is 3.37. The van der Waals surface area contributed by atoms with Crippen LogP contribution >= 0.6 is 0 Å². The predicted molar refractivity (Wildman–Crippen MR) is 94.9 cm³/mol. The van der Waals surface area contributed by atoms with Gasteiger partial charge in [0.15, 0.2) is 6.61 Å². The average Bonchev–Trinajstić information content (AvgIpc) is 2.65. The van der Waals surface area contributed by atoms with Crippen LogP contribution in [-0.2, 0) is 16.1 Å². The number of amides is 3. The maximum atomic E-state index is 12.0. The summed E-state index contributed by atoms with van der Waals surface area (Å²) in [5.41, 5.74) is 5.64. The van der Waals surface area contributed by atoms with E-state index in [1.807, 2.05) is 0 Å². The van der Waals surface area contributed by atoms with Crippen molar-refractivity contribution in [3.8, 4) is 0 Å². The minimum atomic E-state index is -0.734. The molecule has 2 rings (SSSR count). The first-order valence-electron chi connectivity index (χ1n) is 7.69. The molecule has 2 aromatic rings. The first-order chi connectivity index (χ1) is 12.9. The third kappa shape index (κ3) is 5.81. The number of benzene rings is 2. The Kier molecular flexibility index (Phi) is 6.42. The molecule has 140 valence electrons. The maximum Gasteiger partial charge on any atom is 0.338 e. The molecule has 10 nitrogen and oxygen atoms in total. The summed E-state index contributed by atoms with van der Waals surface area (Å²) in [7, 11) is 0. The van der Waals surface area contributed by atoms with Crippen LogP contribution in [0.4, 0.5) is 16.2 Å². The van der Waals surface area contributed by atoms with Crippen LogP contribution < -0.4 is 16.4 Å². The zero-order valence-electron chi connectivity index (χ0n) is 14.0. The summed E-state index contributed by atoms with van der Waals surface area (Å²) < 4.78 is 4.89. The van der Waals surface area contributed by atoms with Crippen molar-refractivity contribution < 1.29 is 24.0 Å². The number of primary amides is 1. The Bertz CT molecular complexity index is 866. The molecule has 0 saturated heterocycles. The Balaban J connectivity index is 1.89.